The van der Waals surface area contributed by atoms with Gasteiger partial charge in [0.1, 0.15) is 0 Å². The van der Waals surface area contributed by atoms with Crippen molar-refractivity contribution in [1.29, 1.82) is 0 Å². The molecule has 0 rings (SSSR count). The molecule has 0 bridgehead atoms. The standard InChI is InChI=1S/C9H22N2O/c1-4-5-10-9(7-12)6-11-8(2)3/h8-12H,4-7H2,1-3H3. The molecule has 1 atom stereocenters. The van der Waals surface area contributed by atoms with Crippen molar-refractivity contribution in [2.24, 2.45) is 0 Å². The maximum absolute atomic E-state index is 8.96. The molecule has 3 heteroatoms. The topological polar surface area (TPSA) is 44.3 Å². The van der Waals surface area contributed by atoms with Crippen LogP contribution in [-0.2, 0) is 0 Å². The molecule has 0 amide bonds. The zero-order valence-corrected chi connectivity index (χ0v) is 8.43. The van der Waals surface area contributed by atoms with Gasteiger partial charge in [0.25, 0.3) is 0 Å². The van der Waals surface area contributed by atoms with Crippen molar-refractivity contribution in [1.82, 2.24) is 10.6 Å². The van der Waals surface area contributed by atoms with Crippen molar-refractivity contribution in [3.8, 4) is 0 Å². The van der Waals surface area contributed by atoms with Crippen LogP contribution in [0, 0.1) is 0 Å². The first kappa shape index (κ1) is 11.9. The normalized spacial score (nSPS) is 13.8. The third kappa shape index (κ3) is 6.58. The van der Waals surface area contributed by atoms with Crippen LogP contribution in [0.4, 0.5) is 0 Å². The summed E-state index contributed by atoms with van der Waals surface area (Å²) in [6, 6.07) is 0.690. The predicted octanol–water partition coefficient (Wildman–Crippen LogP) is 0.345. The SMILES string of the molecule is CCCNC(CO)CNC(C)C. The van der Waals surface area contributed by atoms with Gasteiger partial charge in [-0.2, -0.15) is 0 Å². The van der Waals surface area contributed by atoms with E-state index in [-0.39, 0.29) is 12.6 Å². The summed E-state index contributed by atoms with van der Waals surface area (Å²) in [6.07, 6.45) is 1.11. The molecule has 0 radical (unpaired) electrons. The first-order chi connectivity index (χ1) is 5.70. The maximum Gasteiger partial charge on any atom is 0.0597 e. The smallest absolute Gasteiger partial charge is 0.0597 e. The second-order valence-corrected chi connectivity index (χ2v) is 3.40. The second-order valence-electron chi connectivity index (χ2n) is 3.40. The molecule has 74 valence electrons. The molecule has 3 nitrogen and oxygen atoms in total. The molecule has 0 aliphatic carbocycles. The first-order valence-electron chi connectivity index (χ1n) is 4.78. The molecule has 0 aliphatic heterocycles. The Bertz CT molecular complexity index is 96.5. The summed E-state index contributed by atoms with van der Waals surface area (Å²) in [5, 5.41) is 15.5. The fourth-order valence-electron chi connectivity index (χ4n) is 0.928. The maximum atomic E-state index is 8.96. The van der Waals surface area contributed by atoms with Gasteiger partial charge in [0.2, 0.25) is 0 Å². The van der Waals surface area contributed by atoms with E-state index in [1.807, 2.05) is 0 Å². The monoisotopic (exact) mass is 174 g/mol. The molecule has 0 spiro atoms. The van der Waals surface area contributed by atoms with Crippen molar-refractivity contribution >= 4 is 0 Å². The minimum atomic E-state index is 0.201. The molecule has 0 saturated carbocycles. The van der Waals surface area contributed by atoms with Gasteiger partial charge in [0.15, 0.2) is 0 Å². The number of hydrogen-bond donors (Lipinski definition) is 3. The molecule has 0 aliphatic rings. The second kappa shape index (κ2) is 7.53. The van der Waals surface area contributed by atoms with Crippen LogP contribution in [-0.4, -0.2) is 36.9 Å². The van der Waals surface area contributed by atoms with Gasteiger partial charge in [-0.15, -0.1) is 0 Å². The minimum Gasteiger partial charge on any atom is -0.395 e. The lowest BCUT2D eigenvalue weighted by Gasteiger charge is -2.17. The van der Waals surface area contributed by atoms with Crippen LogP contribution in [0.15, 0.2) is 0 Å². The third-order valence-electron chi connectivity index (χ3n) is 1.68. The van der Waals surface area contributed by atoms with Crippen LogP contribution >= 0.6 is 0 Å². The quantitative estimate of drug-likeness (QED) is 0.521. The van der Waals surface area contributed by atoms with E-state index in [0.717, 1.165) is 19.5 Å². The highest BCUT2D eigenvalue weighted by Gasteiger charge is 2.05. The van der Waals surface area contributed by atoms with Gasteiger partial charge in [-0.3, -0.25) is 0 Å². The minimum absolute atomic E-state index is 0.201. The lowest BCUT2D eigenvalue weighted by Crippen LogP contribution is -2.43. The van der Waals surface area contributed by atoms with Crippen LogP contribution in [0.5, 0.6) is 0 Å². The highest BCUT2D eigenvalue weighted by Crippen LogP contribution is 1.83. The van der Waals surface area contributed by atoms with Gasteiger partial charge in [-0.1, -0.05) is 20.8 Å². The molecule has 3 N–H and O–H groups in total. The van der Waals surface area contributed by atoms with E-state index in [4.69, 9.17) is 5.11 Å². The Hall–Kier alpha value is -0.120. The fraction of sp³-hybridized carbons (Fsp3) is 1.00. The Morgan fingerprint density at radius 1 is 1.25 bits per heavy atom. The lowest BCUT2D eigenvalue weighted by atomic mass is 10.2. The van der Waals surface area contributed by atoms with E-state index in [1.165, 1.54) is 0 Å². The summed E-state index contributed by atoms with van der Waals surface area (Å²) in [7, 11) is 0. The van der Waals surface area contributed by atoms with Gasteiger partial charge in [-0.05, 0) is 13.0 Å². The number of aliphatic hydroxyl groups is 1. The summed E-state index contributed by atoms with van der Waals surface area (Å²) < 4.78 is 0. The van der Waals surface area contributed by atoms with Crippen LogP contribution in [0.1, 0.15) is 27.2 Å². The summed E-state index contributed by atoms with van der Waals surface area (Å²) in [6.45, 7) is 8.36. The Morgan fingerprint density at radius 2 is 1.92 bits per heavy atom. The van der Waals surface area contributed by atoms with Crippen LogP contribution in [0.3, 0.4) is 0 Å². The molecule has 12 heavy (non-hydrogen) atoms. The van der Waals surface area contributed by atoms with E-state index < -0.39 is 0 Å². The molecule has 0 saturated heterocycles. The molecule has 0 fully saturated rings. The molecule has 0 aromatic heterocycles. The predicted molar refractivity (Wildman–Crippen MR) is 52.3 cm³/mol. The van der Waals surface area contributed by atoms with Crippen LogP contribution in [0.2, 0.25) is 0 Å². The summed E-state index contributed by atoms with van der Waals surface area (Å²) >= 11 is 0. The number of hydrogen-bond acceptors (Lipinski definition) is 3. The average Bonchev–Trinajstić information content (AvgIpc) is 2.05. The number of nitrogens with one attached hydrogen (secondary N) is 2. The van der Waals surface area contributed by atoms with E-state index in [9.17, 15) is 0 Å². The number of rotatable bonds is 7. The number of aliphatic hydroxyl groups excluding tert-OH is 1. The highest BCUT2D eigenvalue weighted by molar-refractivity contribution is 4.69. The first-order valence-corrected chi connectivity index (χ1v) is 4.78. The van der Waals surface area contributed by atoms with Crippen molar-refractivity contribution in [3.63, 3.8) is 0 Å². The van der Waals surface area contributed by atoms with E-state index in [1.54, 1.807) is 0 Å². The van der Waals surface area contributed by atoms with Gasteiger partial charge < -0.3 is 15.7 Å². The summed E-state index contributed by atoms with van der Waals surface area (Å²) in [5.41, 5.74) is 0. The van der Waals surface area contributed by atoms with Gasteiger partial charge in [0.05, 0.1) is 6.61 Å². The Labute approximate surface area is 75.6 Å². The Kier molecular flexibility index (Phi) is 7.45. The zero-order chi connectivity index (χ0) is 9.40. The molecule has 0 aromatic carbocycles. The highest BCUT2D eigenvalue weighted by atomic mass is 16.3. The van der Waals surface area contributed by atoms with E-state index >= 15 is 0 Å². The Morgan fingerprint density at radius 3 is 2.33 bits per heavy atom. The van der Waals surface area contributed by atoms with Gasteiger partial charge in [0, 0.05) is 18.6 Å². The lowest BCUT2D eigenvalue weighted by molar-refractivity contribution is 0.237. The van der Waals surface area contributed by atoms with Crippen molar-refractivity contribution < 1.29 is 5.11 Å². The van der Waals surface area contributed by atoms with E-state index in [0.29, 0.717) is 6.04 Å². The molecular formula is C9H22N2O. The molecule has 1 unspecified atom stereocenters. The molecule has 0 aromatic rings. The van der Waals surface area contributed by atoms with Crippen LogP contribution < -0.4 is 10.6 Å². The van der Waals surface area contributed by atoms with Crippen molar-refractivity contribution in [2.45, 2.75) is 39.3 Å². The van der Waals surface area contributed by atoms with Crippen LogP contribution in [0.25, 0.3) is 0 Å². The summed E-state index contributed by atoms with van der Waals surface area (Å²) in [5.74, 6) is 0. The van der Waals surface area contributed by atoms with Crippen molar-refractivity contribution in [2.75, 3.05) is 19.7 Å². The van der Waals surface area contributed by atoms with E-state index in [2.05, 4.69) is 31.4 Å². The largest absolute Gasteiger partial charge is 0.395 e. The Balaban J connectivity index is 3.39. The van der Waals surface area contributed by atoms with Gasteiger partial charge >= 0.3 is 0 Å². The fourth-order valence-corrected chi connectivity index (χ4v) is 0.928. The average molecular weight is 174 g/mol. The zero-order valence-electron chi connectivity index (χ0n) is 8.43. The van der Waals surface area contributed by atoms with Crippen molar-refractivity contribution in [3.05, 3.63) is 0 Å². The summed E-state index contributed by atoms with van der Waals surface area (Å²) in [4.78, 5) is 0. The molecule has 0 heterocycles. The molecular weight excluding hydrogens is 152 g/mol. The van der Waals surface area contributed by atoms with Gasteiger partial charge in [-0.25, -0.2) is 0 Å². The third-order valence-corrected chi connectivity index (χ3v) is 1.68.